The minimum atomic E-state index is -0.224. The van der Waals surface area contributed by atoms with Gasteiger partial charge in [0.15, 0.2) is 0 Å². The first-order valence-electron chi connectivity index (χ1n) is 8.53. The van der Waals surface area contributed by atoms with Crippen molar-refractivity contribution < 1.29 is 9.59 Å². The zero-order valence-corrected chi connectivity index (χ0v) is 14.7. The van der Waals surface area contributed by atoms with E-state index in [1.807, 2.05) is 36.4 Å². The van der Waals surface area contributed by atoms with Crippen LogP contribution in [0.2, 0.25) is 0 Å². The van der Waals surface area contributed by atoms with Gasteiger partial charge in [-0.25, -0.2) is 0 Å². The second kappa shape index (κ2) is 9.42. The third-order valence-corrected chi connectivity index (χ3v) is 3.78. The van der Waals surface area contributed by atoms with E-state index >= 15 is 0 Å². The molecular weight excluding hydrogens is 312 g/mol. The molecule has 0 unspecified atom stereocenters. The Morgan fingerprint density at radius 3 is 2.40 bits per heavy atom. The van der Waals surface area contributed by atoms with Gasteiger partial charge in [0.25, 0.3) is 11.8 Å². The molecule has 130 valence electrons. The van der Waals surface area contributed by atoms with Crippen LogP contribution < -0.4 is 10.6 Å². The van der Waals surface area contributed by atoms with Gasteiger partial charge in [-0.1, -0.05) is 55.8 Å². The minimum Gasteiger partial charge on any atom is -0.352 e. The Kier molecular flexibility index (Phi) is 6.96. The number of rotatable bonds is 7. The van der Waals surface area contributed by atoms with E-state index in [0.717, 1.165) is 18.4 Å². The molecule has 0 saturated heterocycles. The third kappa shape index (κ3) is 5.60. The van der Waals surface area contributed by atoms with Gasteiger partial charge in [-0.2, -0.15) is 0 Å². The zero-order chi connectivity index (χ0) is 18.1. The molecule has 0 bridgehead atoms. The van der Waals surface area contributed by atoms with E-state index in [4.69, 9.17) is 0 Å². The number of anilines is 1. The van der Waals surface area contributed by atoms with Gasteiger partial charge in [0, 0.05) is 12.1 Å². The smallest absolute Gasteiger partial charge is 0.253 e. The lowest BCUT2D eigenvalue weighted by molar-refractivity contribution is -0.112. The van der Waals surface area contributed by atoms with Gasteiger partial charge in [0.2, 0.25) is 0 Å². The molecule has 25 heavy (non-hydrogen) atoms. The maximum absolute atomic E-state index is 12.4. The molecule has 0 saturated carbocycles. The van der Waals surface area contributed by atoms with Crippen molar-refractivity contribution >= 4 is 23.6 Å². The highest BCUT2D eigenvalue weighted by Crippen LogP contribution is 2.17. The van der Waals surface area contributed by atoms with E-state index in [-0.39, 0.29) is 11.8 Å². The summed E-state index contributed by atoms with van der Waals surface area (Å²) in [4.78, 5) is 24.7. The van der Waals surface area contributed by atoms with Crippen molar-refractivity contribution in [1.29, 1.82) is 0 Å². The van der Waals surface area contributed by atoms with Crippen molar-refractivity contribution in [3.05, 3.63) is 71.3 Å². The lowest BCUT2D eigenvalue weighted by Gasteiger charge is -2.11. The predicted molar refractivity (Wildman–Crippen MR) is 102 cm³/mol. The maximum atomic E-state index is 12.4. The normalized spacial score (nSPS) is 11.0. The molecule has 4 heteroatoms. The molecule has 0 atom stereocenters. The number of amides is 2. The monoisotopic (exact) mass is 336 g/mol. The summed E-state index contributed by atoms with van der Waals surface area (Å²) < 4.78 is 0. The summed E-state index contributed by atoms with van der Waals surface area (Å²) in [5.41, 5.74) is 2.52. The van der Waals surface area contributed by atoms with Crippen LogP contribution in [0.3, 0.4) is 0 Å². The summed E-state index contributed by atoms with van der Waals surface area (Å²) in [5.74, 6) is -0.397. The predicted octanol–water partition coefficient (Wildman–Crippen LogP) is 4.26. The molecule has 2 rings (SSSR count). The van der Waals surface area contributed by atoms with Crippen molar-refractivity contribution in [1.82, 2.24) is 5.32 Å². The van der Waals surface area contributed by atoms with Gasteiger partial charge in [-0.15, -0.1) is 0 Å². The first-order valence-corrected chi connectivity index (χ1v) is 8.53. The highest BCUT2D eigenvalue weighted by molar-refractivity contribution is 6.10. The van der Waals surface area contributed by atoms with Crippen LogP contribution in [0.4, 0.5) is 5.69 Å². The van der Waals surface area contributed by atoms with Crippen molar-refractivity contribution in [2.75, 3.05) is 11.9 Å². The number of hydrogen-bond donors (Lipinski definition) is 2. The molecule has 2 aromatic carbocycles. The molecule has 0 fully saturated rings. The zero-order valence-electron chi connectivity index (χ0n) is 14.7. The first kappa shape index (κ1) is 18.5. The summed E-state index contributed by atoms with van der Waals surface area (Å²) in [5, 5.41) is 5.71. The van der Waals surface area contributed by atoms with Gasteiger partial charge in [-0.05, 0) is 37.1 Å². The van der Waals surface area contributed by atoms with Gasteiger partial charge < -0.3 is 10.6 Å². The van der Waals surface area contributed by atoms with Crippen LogP contribution >= 0.6 is 0 Å². The van der Waals surface area contributed by atoms with Crippen molar-refractivity contribution in [3.8, 4) is 0 Å². The Labute approximate surface area is 149 Å². The highest BCUT2D eigenvalue weighted by Gasteiger charge is 2.13. The highest BCUT2D eigenvalue weighted by atomic mass is 16.2. The summed E-state index contributed by atoms with van der Waals surface area (Å²) in [6, 6.07) is 16.7. The summed E-state index contributed by atoms with van der Waals surface area (Å²) in [6.07, 6.45) is 3.76. The molecule has 2 amide bonds. The molecular formula is C21H24N2O2. The van der Waals surface area contributed by atoms with Crippen molar-refractivity contribution in [2.45, 2.75) is 26.7 Å². The first-order chi connectivity index (χ1) is 12.1. The minimum absolute atomic E-state index is 0.172. The molecule has 0 aliphatic heterocycles. The Bertz CT molecular complexity index is 752. The summed E-state index contributed by atoms with van der Waals surface area (Å²) in [6.45, 7) is 4.46. The van der Waals surface area contributed by atoms with Crippen LogP contribution in [-0.2, 0) is 4.79 Å². The van der Waals surface area contributed by atoms with Crippen LogP contribution in [0.15, 0.2) is 60.2 Å². The standard InChI is InChI=1S/C21H24N2O2/c1-3-4-14-22-21(25)18-12-8-9-13-19(18)23-20(24)16(2)15-17-10-6-5-7-11-17/h5-13,15H,3-4,14H2,1-2H3,(H,22,25)(H,23,24)/b16-15+. The second-order valence-electron chi connectivity index (χ2n) is 5.85. The van der Waals surface area contributed by atoms with Crippen LogP contribution in [0, 0.1) is 0 Å². The Balaban J connectivity index is 2.10. The molecule has 0 spiro atoms. The lowest BCUT2D eigenvalue weighted by Crippen LogP contribution is -2.26. The van der Waals surface area contributed by atoms with Gasteiger partial charge in [0.05, 0.1) is 11.3 Å². The van der Waals surface area contributed by atoms with Crippen LogP contribution in [-0.4, -0.2) is 18.4 Å². The average molecular weight is 336 g/mol. The molecule has 0 heterocycles. The Morgan fingerprint density at radius 1 is 1.00 bits per heavy atom. The number of para-hydroxylation sites is 1. The fourth-order valence-electron chi connectivity index (χ4n) is 2.35. The molecule has 0 aliphatic rings. The molecule has 0 aliphatic carbocycles. The second-order valence-corrected chi connectivity index (χ2v) is 5.85. The molecule has 0 radical (unpaired) electrons. The van der Waals surface area contributed by atoms with E-state index < -0.39 is 0 Å². The lowest BCUT2D eigenvalue weighted by atomic mass is 10.1. The van der Waals surface area contributed by atoms with Crippen LogP contribution in [0.25, 0.3) is 6.08 Å². The molecule has 2 N–H and O–H groups in total. The van der Waals surface area contributed by atoms with Crippen molar-refractivity contribution in [3.63, 3.8) is 0 Å². The summed E-state index contributed by atoms with van der Waals surface area (Å²) in [7, 11) is 0. The topological polar surface area (TPSA) is 58.2 Å². The van der Waals surface area contributed by atoms with E-state index in [1.165, 1.54) is 0 Å². The van der Waals surface area contributed by atoms with E-state index in [9.17, 15) is 9.59 Å². The molecule has 0 aromatic heterocycles. The fraction of sp³-hybridized carbons (Fsp3) is 0.238. The van der Waals surface area contributed by atoms with E-state index in [0.29, 0.717) is 23.4 Å². The molecule has 4 nitrogen and oxygen atoms in total. The largest absolute Gasteiger partial charge is 0.352 e. The van der Waals surface area contributed by atoms with Crippen molar-refractivity contribution in [2.24, 2.45) is 0 Å². The van der Waals surface area contributed by atoms with Gasteiger partial charge >= 0.3 is 0 Å². The number of unbranched alkanes of at least 4 members (excludes halogenated alkanes) is 1. The van der Waals surface area contributed by atoms with E-state index in [2.05, 4.69) is 17.6 Å². The number of carbonyl (C=O) groups is 2. The van der Waals surface area contributed by atoms with Gasteiger partial charge in [-0.3, -0.25) is 9.59 Å². The Morgan fingerprint density at radius 2 is 1.68 bits per heavy atom. The average Bonchev–Trinajstić information content (AvgIpc) is 2.63. The quantitative estimate of drug-likeness (QED) is 0.586. The van der Waals surface area contributed by atoms with Crippen LogP contribution in [0.5, 0.6) is 0 Å². The van der Waals surface area contributed by atoms with Gasteiger partial charge in [0.1, 0.15) is 0 Å². The maximum Gasteiger partial charge on any atom is 0.253 e. The molecule has 2 aromatic rings. The number of carbonyl (C=O) groups excluding carboxylic acids is 2. The third-order valence-electron chi connectivity index (χ3n) is 3.78. The number of nitrogens with one attached hydrogen (secondary N) is 2. The van der Waals surface area contributed by atoms with Crippen LogP contribution in [0.1, 0.15) is 42.6 Å². The number of benzene rings is 2. The van der Waals surface area contributed by atoms with E-state index in [1.54, 1.807) is 31.2 Å². The fourth-order valence-corrected chi connectivity index (χ4v) is 2.35. The summed E-state index contributed by atoms with van der Waals surface area (Å²) >= 11 is 0. The Hall–Kier alpha value is -2.88. The number of hydrogen-bond acceptors (Lipinski definition) is 2. The SMILES string of the molecule is CCCCNC(=O)c1ccccc1NC(=O)/C(C)=C/c1ccccc1.